The number of hydrogen-bond acceptors (Lipinski definition) is 1. The Bertz CT molecular complexity index is 3440. The van der Waals surface area contributed by atoms with E-state index in [2.05, 4.69) is 290 Å². The van der Waals surface area contributed by atoms with Gasteiger partial charge < -0.3 is 4.90 Å². The van der Waals surface area contributed by atoms with Gasteiger partial charge in [-0.3, -0.25) is 0 Å². The first-order chi connectivity index (χ1) is 33.7. The van der Waals surface area contributed by atoms with E-state index in [1.54, 1.807) is 0 Å². The molecule has 0 saturated heterocycles. The maximum Gasteiger partial charge on any atom is 0.0714 e. The smallest absolute Gasteiger partial charge is 0.0714 e. The molecular formula is C67H47N. The number of anilines is 3. The molecule has 0 atom stereocenters. The van der Waals surface area contributed by atoms with E-state index >= 15 is 0 Å². The summed E-state index contributed by atoms with van der Waals surface area (Å²) in [5.41, 5.74) is 22.1. The number of fused-ring (bicyclic) bond motifs is 3. The molecule has 12 rings (SSSR count). The lowest BCUT2D eigenvalue weighted by atomic mass is 9.67. The summed E-state index contributed by atoms with van der Waals surface area (Å²) in [6, 6.07) is 104. The minimum atomic E-state index is -0.572. The minimum Gasteiger partial charge on any atom is -0.310 e. The van der Waals surface area contributed by atoms with Gasteiger partial charge >= 0.3 is 0 Å². The Morgan fingerprint density at radius 2 is 0.544 bits per heavy atom. The van der Waals surface area contributed by atoms with Crippen LogP contribution in [-0.4, -0.2) is 0 Å². The zero-order valence-corrected chi connectivity index (χ0v) is 37.6. The average Bonchev–Trinajstić information content (AvgIpc) is 3.72. The Kier molecular flexibility index (Phi) is 10.5. The summed E-state index contributed by atoms with van der Waals surface area (Å²) in [5.74, 6) is 0. The van der Waals surface area contributed by atoms with Crippen molar-refractivity contribution in [3.05, 3.63) is 307 Å². The summed E-state index contributed by atoms with van der Waals surface area (Å²) in [6.45, 7) is 0. The van der Waals surface area contributed by atoms with Gasteiger partial charge in [-0.25, -0.2) is 0 Å². The third-order valence-corrected chi connectivity index (χ3v) is 13.8. The molecule has 1 aliphatic carbocycles. The van der Waals surface area contributed by atoms with E-state index in [9.17, 15) is 0 Å². The largest absolute Gasteiger partial charge is 0.310 e. The molecule has 11 aromatic rings. The first kappa shape index (κ1) is 40.7. The van der Waals surface area contributed by atoms with Crippen molar-refractivity contribution >= 4 is 17.1 Å². The van der Waals surface area contributed by atoms with Crippen LogP contribution in [0.15, 0.2) is 285 Å². The topological polar surface area (TPSA) is 3.24 Å². The molecule has 0 radical (unpaired) electrons. The van der Waals surface area contributed by atoms with Crippen molar-refractivity contribution in [2.45, 2.75) is 5.41 Å². The fourth-order valence-electron chi connectivity index (χ4n) is 10.5. The van der Waals surface area contributed by atoms with Gasteiger partial charge in [0.25, 0.3) is 0 Å². The van der Waals surface area contributed by atoms with Crippen LogP contribution in [0.3, 0.4) is 0 Å². The number of rotatable bonds is 10. The van der Waals surface area contributed by atoms with E-state index in [0.29, 0.717) is 0 Å². The average molecular weight is 866 g/mol. The monoisotopic (exact) mass is 865 g/mol. The van der Waals surface area contributed by atoms with Gasteiger partial charge in [0.2, 0.25) is 0 Å². The third kappa shape index (κ3) is 7.22. The van der Waals surface area contributed by atoms with Crippen molar-refractivity contribution in [2.75, 3.05) is 4.90 Å². The fraction of sp³-hybridized carbons (Fsp3) is 0.0149. The van der Waals surface area contributed by atoms with Crippen molar-refractivity contribution < 1.29 is 0 Å². The van der Waals surface area contributed by atoms with Crippen molar-refractivity contribution in [2.24, 2.45) is 0 Å². The van der Waals surface area contributed by atoms with Gasteiger partial charge in [0.1, 0.15) is 0 Å². The molecule has 0 bridgehead atoms. The zero-order valence-electron chi connectivity index (χ0n) is 37.6. The number of benzene rings is 11. The molecule has 0 aliphatic heterocycles. The fourth-order valence-corrected chi connectivity index (χ4v) is 10.5. The van der Waals surface area contributed by atoms with Crippen molar-refractivity contribution in [1.29, 1.82) is 0 Å². The predicted molar refractivity (Wildman–Crippen MR) is 286 cm³/mol. The van der Waals surface area contributed by atoms with Crippen LogP contribution in [0.4, 0.5) is 17.1 Å². The van der Waals surface area contributed by atoms with Crippen LogP contribution in [0.5, 0.6) is 0 Å². The Hall–Kier alpha value is -8.78. The molecule has 320 valence electrons. The van der Waals surface area contributed by atoms with Gasteiger partial charge in [-0.05, 0) is 120 Å². The van der Waals surface area contributed by atoms with E-state index < -0.39 is 5.41 Å². The molecule has 68 heavy (non-hydrogen) atoms. The first-order valence-corrected chi connectivity index (χ1v) is 23.5. The highest BCUT2D eigenvalue weighted by Crippen LogP contribution is 2.59. The lowest BCUT2D eigenvalue weighted by molar-refractivity contribution is 0.768. The van der Waals surface area contributed by atoms with Gasteiger partial charge in [0, 0.05) is 16.9 Å². The summed E-state index contributed by atoms with van der Waals surface area (Å²) >= 11 is 0. The van der Waals surface area contributed by atoms with Crippen LogP contribution in [0.2, 0.25) is 0 Å². The van der Waals surface area contributed by atoms with Crippen molar-refractivity contribution in [3.8, 4) is 66.8 Å². The normalized spacial score (nSPS) is 12.2. The standard InChI is InChI=1S/C67H47N/c1-6-18-48(19-7-1)51-30-32-53(33-31-51)55-40-44-60(45-41-55)68(59-42-38-54(39-43-59)50-22-10-3-11-23-50)66-47-65-63(46-62(66)56-36-34-52(35-37-56)49-20-8-2-9-21-49)61-28-16-17-29-64(61)67(65,57-24-12-4-13-25-57)58-26-14-5-15-27-58/h1-47H. The van der Waals surface area contributed by atoms with Crippen LogP contribution in [0, 0.1) is 0 Å². The van der Waals surface area contributed by atoms with Gasteiger partial charge in [0.15, 0.2) is 0 Å². The molecule has 0 unspecified atom stereocenters. The highest BCUT2D eigenvalue weighted by Gasteiger charge is 2.46. The Morgan fingerprint density at radius 3 is 0.956 bits per heavy atom. The molecule has 1 nitrogen and oxygen atoms in total. The van der Waals surface area contributed by atoms with Gasteiger partial charge in [-0.2, -0.15) is 0 Å². The van der Waals surface area contributed by atoms with Gasteiger partial charge in [0.05, 0.1) is 11.1 Å². The molecule has 1 aliphatic rings. The Labute approximate surface area is 399 Å². The molecule has 0 aromatic heterocycles. The molecule has 0 fully saturated rings. The predicted octanol–water partition coefficient (Wildman–Crippen LogP) is 17.9. The van der Waals surface area contributed by atoms with Crippen LogP contribution < -0.4 is 4.90 Å². The molecule has 0 heterocycles. The van der Waals surface area contributed by atoms with E-state index in [-0.39, 0.29) is 0 Å². The third-order valence-electron chi connectivity index (χ3n) is 13.8. The summed E-state index contributed by atoms with van der Waals surface area (Å²) in [7, 11) is 0. The second-order valence-corrected chi connectivity index (χ2v) is 17.6. The van der Waals surface area contributed by atoms with E-state index in [4.69, 9.17) is 0 Å². The molecular weight excluding hydrogens is 819 g/mol. The van der Waals surface area contributed by atoms with Crippen molar-refractivity contribution in [1.82, 2.24) is 0 Å². The molecule has 1 heteroatoms. The second kappa shape index (κ2) is 17.5. The van der Waals surface area contributed by atoms with Crippen LogP contribution in [0.25, 0.3) is 66.8 Å². The Balaban J connectivity index is 1.09. The van der Waals surface area contributed by atoms with E-state index in [1.165, 1.54) is 77.9 Å². The van der Waals surface area contributed by atoms with E-state index in [0.717, 1.165) is 28.2 Å². The number of nitrogens with zero attached hydrogens (tertiary/aromatic N) is 1. The summed E-state index contributed by atoms with van der Waals surface area (Å²) in [6.07, 6.45) is 0. The lowest BCUT2D eigenvalue weighted by Gasteiger charge is -2.35. The zero-order chi connectivity index (χ0) is 45.3. The SMILES string of the molecule is c1ccc(-c2ccc(-c3ccc(N(c4ccc(-c5ccccc5)cc4)c4cc5c(cc4-c4ccc(-c6ccccc6)cc4)-c4ccccc4C5(c4ccccc4)c4ccccc4)cc3)cc2)cc1. The van der Waals surface area contributed by atoms with E-state index in [1.807, 2.05) is 0 Å². The molecule has 0 spiro atoms. The van der Waals surface area contributed by atoms with Crippen LogP contribution in [0.1, 0.15) is 22.3 Å². The molecule has 0 saturated carbocycles. The minimum absolute atomic E-state index is 0.572. The lowest BCUT2D eigenvalue weighted by Crippen LogP contribution is -2.28. The summed E-state index contributed by atoms with van der Waals surface area (Å²) < 4.78 is 0. The molecule has 0 amide bonds. The maximum atomic E-state index is 2.51. The molecule has 11 aromatic carbocycles. The quantitative estimate of drug-likeness (QED) is 0.132. The Morgan fingerprint density at radius 1 is 0.221 bits per heavy atom. The number of hydrogen-bond donors (Lipinski definition) is 0. The molecule has 0 N–H and O–H groups in total. The first-order valence-electron chi connectivity index (χ1n) is 23.5. The van der Waals surface area contributed by atoms with Gasteiger partial charge in [-0.15, -0.1) is 0 Å². The summed E-state index contributed by atoms with van der Waals surface area (Å²) in [4.78, 5) is 2.47. The maximum absolute atomic E-state index is 2.51. The van der Waals surface area contributed by atoms with Crippen LogP contribution >= 0.6 is 0 Å². The second-order valence-electron chi connectivity index (χ2n) is 17.6. The highest BCUT2D eigenvalue weighted by atomic mass is 15.1. The van der Waals surface area contributed by atoms with Crippen LogP contribution in [-0.2, 0) is 5.41 Å². The van der Waals surface area contributed by atoms with Crippen molar-refractivity contribution in [3.63, 3.8) is 0 Å². The van der Waals surface area contributed by atoms with Gasteiger partial charge in [-0.1, -0.05) is 249 Å². The summed E-state index contributed by atoms with van der Waals surface area (Å²) in [5, 5.41) is 0. The highest BCUT2D eigenvalue weighted by molar-refractivity contribution is 5.97.